The van der Waals surface area contributed by atoms with E-state index in [1.54, 1.807) is 6.07 Å². The Morgan fingerprint density at radius 1 is 0.220 bits per heavy atom. The van der Waals surface area contributed by atoms with Gasteiger partial charge in [-0.3, -0.25) is 0 Å². The minimum absolute atomic E-state index is 0.494. The SMILES string of the molecule is Brc1cc2c3ccccc3sc2c2c1c1ccccc1n2-c1ccc(-c2ccccc2)cc1.OB(O)c1ccc2c(c1)c1ccccc1n2-c1cccc(-c2ccccc2)c1.c1ccc(-c2ccc(-n3c4ccccc4c4c(-c5ccc6c(c5)c5ccccc5n6-c5cccc(-c6ccccc6)c5)cc5c6ccccc6sc5c43)cc2)cc1. The molecule has 6 aromatic heterocycles. The first-order valence-electron chi connectivity index (χ1n) is 39.8. The highest BCUT2D eigenvalue weighted by Crippen LogP contribution is 2.50. The molecule has 0 aliphatic rings. The van der Waals surface area contributed by atoms with Gasteiger partial charge in [0, 0.05) is 101 Å². The fourth-order valence-electron chi connectivity index (χ4n) is 18.0. The van der Waals surface area contributed by atoms with Gasteiger partial charge in [-0.05, 0) is 176 Å². The molecule has 0 unspecified atom stereocenters. The second-order valence-electron chi connectivity index (χ2n) is 30.1. The zero-order valence-electron chi connectivity index (χ0n) is 63.7. The molecule has 556 valence electrons. The van der Waals surface area contributed by atoms with Crippen LogP contribution >= 0.6 is 38.6 Å². The summed E-state index contributed by atoms with van der Waals surface area (Å²) in [6.07, 6.45) is 0. The summed E-state index contributed by atoms with van der Waals surface area (Å²) in [5, 5.41) is 34.1. The van der Waals surface area contributed by atoms with E-state index in [9.17, 15) is 10.0 Å². The predicted molar refractivity (Wildman–Crippen MR) is 507 cm³/mol. The van der Waals surface area contributed by atoms with Crippen molar-refractivity contribution in [3.05, 3.63) is 417 Å². The first-order chi connectivity index (χ1) is 58.3. The number of fused-ring (bicyclic) bond motifs is 20. The Bertz CT molecular complexity index is 8020. The van der Waals surface area contributed by atoms with Crippen molar-refractivity contribution >= 4 is 179 Å². The lowest BCUT2D eigenvalue weighted by atomic mass is 9.80. The van der Waals surface area contributed by atoms with Crippen LogP contribution in [0.15, 0.2) is 417 Å². The van der Waals surface area contributed by atoms with Gasteiger partial charge in [0.25, 0.3) is 0 Å². The topological polar surface area (TPSA) is 60.2 Å². The van der Waals surface area contributed by atoms with Crippen molar-refractivity contribution in [2.45, 2.75) is 0 Å². The fraction of sp³-hybridized carbons (Fsp3) is 0. The van der Waals surface area contributed by atoms with E-state index < -0.39 is 7.12 Å². The molecule has 24 aromatic rings. The zero-order valence-corrected chi connectivity index (χ0v) is 66.9. The number of thiophene rings is 2. The smallest absolute Gasteiger partial charge is 0.423 e. The minimum atomic E-state index is -1.48. The van der Waals surface area contributed by atoms with E-state index in [1.807, 2.05) is 65.1 Å². The summed E-state index contributed by atoms with van der Waals surface area (Å²) in [5.74, 6) is 0. The lowest BCUT2D eigenvalue weighted by Gasteiger charge is -2.12. The van der Waals surface area contributed by atoms with Crippen LogP contribution in [0.5, 0.6) is 0 Å². The van der Waals surface area contributed by atoms with E-state index in [1.165, 1.54) is 162 Å². The van der Waals surface area contributed by atoms with Crippen LogP contribution in [-0.4, -0.2) is 35.4 Å². The van der Waals surface area contributed by atoms with E-state index >= 15 is 0 Å². The monoisotopic (exact) mass is 1610 g/mol. The molecule has 0 spiro atoms. The van der Waals surface area contributed by atoms with E-state index in [4.69, 9.17) is 0 Å². The number of rotatable bonds is 10. The van der Waals surface area contributed by atoms with Gasteiger partial charge in [0.15, 0.2) is 0 Å². The second kappa shape index (κ2) is 29.4. The number of hydrogen-bond donors (Lipinski definition) is 2. The molecule has 118 heavy (non-hydrogen) atoms. The molecular weight excluding hydrogens is 1540 g/mol. The van der Waals surface area contributed by atoms with Crippen LogP contribution < -0.4 is 5.46 Å². The van der Waals surface area contributed by atoms with Gasteiger partial charge in [0.2, 0.25) is 0 Å². The highest BCUT2D eigenvalue weighted by atomic mass is 79.9. The highest BCUT2D eigenvalue weighted by molar-refractivity contribution is 9.10. The zero-order chi connectivity index (χ0) is 78.5. The molecule has 0 aliphatic carbocycles. The summed E-state index contributed by atoms with van der Waals surface area (Å²) in [4.78, 5) is 0. The summed E-state index contributed by atoms with van der Waals surface area (Å²) in [6.45, 7) is 0. The van der Waals surface area contributed by atoms with Crippen LogP contribution in [0, 0.1) is 0 Å². The van der Waals surface area contributed by atoms with Crippen LogP contribution in [0.2, 0.25) is 0 Å². The third-order valence-corrected chi connectivity index (χ3v) is 26.4. The van der Waals surface area contributed by atoms with Gasteiger partial charge in [-0.1, -0.05) is 313 Å². The largest absolute Gasteiger partial charge is 0.488 e. The van der Waals surface area contributed by atoms with Crippen molar-refractivity contribution in [3.8, 4) is 78.4 Å². The van der Waals surface area contributed by atoms with E-state index in [0.29, 0.717) is 5.46 Å². The summed E-state index contributed by atoms with van der Waals surface area (Å²) in [7, 11) is -1.48. The quantitative estimate of drug-likeness (QED) is 0.134. The molecule has 0 bridgehead atoms. The van der Waals surface area contributed by atoms with Crippen LogP contribution in [0.3, 0.4) is 0 Å². The fourth-order valence-corrected chi connectivity index (χ4v) is 21.1. The Kier molecular flexibility index (Phi) is 17.6. The molecule has 0 fully saturated rings. The van der Waals surface area contributed by atoms with E-state index in [0.717, 1.165) is 48.9 Å². The molecule has 0 aliphatic heterocycles. The molecule has 10 heteroatoms. The number of halogens is 1. The number of nitrogens with zero attached hydrogens (tertiary/aromatic N) is 4. The Balaban J connectivity index is 0.000000117. The summed E-state index contributed by atoms with van der Waals surface area (Å²) >= 11 is 7.71. The normalized spacial score (nSPS) is 11.7. The lowest BCUT2D eigenvalue weighted by Crippen LogP contribution is -2.29. The Morgan fingerprint density at radius 2 is 0.559 bits per heavy atom. The molecule has 24 rings (SSSR count). The van der Waals surface area contributed by atoms with Crippen molar-refractivity contribution in [1.82, 2.24) is 18.3 Å². The number of benzene rings is 18. The number of hydrogen-bond acceptors (Lipinski definition) is 4. The van der Waals surface area contributed by atoms with Crippen molar-refractivity contribution in [2.75, 3.05) is 0 Å². The van der Waals surface area contributed by atoms with Gasteiger partial charge >= 0.3 is 7.12 Å². The molecule has 0 amide bonds. The van der Waals surface area contributed by atoms with Crippen LogP contribution in [0.1, 0.15) is 0 Å². The average molecular weight is 1610 g/mol. The summed E-state index contributed by atoms with van der Waals surface area (Å²) < 4.78 is 16.0. The molecule has 0 radical (unpaired) electrons. The number of para-hydroxylation sites is 4. The maximum Gasteiger partial charge on any atom is 0.488 e. The second-order valence-corrected chi connectivity index (χ2v) is 33.1. The lowest BCUT2D eigenvalue weighted by molar-refractivity contribution is 0.426. The van der Waals surface area contributed by atoms with Crippen molar-refractivity contribution in [2.24, 2.45) is 0 Å². The van der Waals surface area contributed by atoms with E-state index in [-0.39, 0.29) is 0 Å². The van der Waals surface area contributed by atoms with Gasteiger partial charge in [-0.15, -0.1) is 22.7 Å². The molecular formula is C108H70BBrN4O2S2. The Hall–Kier alpha value is -13.9. The standard InChI is InChI=1S/C54H34N2S.C30H18BrNS.C24H18BNO2/c1-3-14-35(15-4-1)37-26-29-40(30-27-37)56-49-24-11-8-22-44(49)52-45(34-47-43-21-9-12-25-51(43)57-54(47)53(52)56)39-28-31-50-46(33-39)42-20-7-10-23-48(42)55(50)41-19-13-18-38(32-41)36-16-5-2-6-17-36;31-25-18-24-22-10-5-7-13-27(22)33-30(24)29-28(25)23-11-4-6-12-26(23)32(29)21-16-14-20(15-17-21)19-8-2-1-3-9-19;27-25(28)19-13-14-24-22(16-19)21-11-4-5-12-23(21)26(24)20-10-6-9-18(15-20)17-7-2-1-3-8-17/h1-34H;1-18H;1-16,27-28H. The maximum absolute atomic E-state index is 9.59. The molecule has 18 aromatic carbocycles. The first-order valence-corrected chi connectivity index (χ1v) is 42.2. The minimum Gasteiger partial charge on any atom is -0.423 e. The summed E-state index contributed by atoms with van der Waals surface area (Å²) in [6, 6.07) is 147. The van der Waals surface area contributed by atoms with Gasteiger partial charge < -0.3 is 28.3 Å². The van der Waals surface area contributed by atoms with Crippen molar-refractivity contribution in [1.29, 1.82) is 0 Å². The average Bonchev–Trinajstić information content (AvgIpc) is 1.55. The van der Waals surface area contributed by atoms with E-state index in [2.05, 4.69) is 398 Å². The molecule has 2 N–H and O–H groups in total. The highest BCUT2D eigenvalue weighted by Gasteiger charge is 2.26. The molecule has 0 atom stereocenters. The Labute approximate surface area is 697 Å². The third-order valence-electron chi connectivity index (χ3n) is 23.4. The van der Waals surface area contributed by atoms with Crippen LogP contribution in [0.25, 0.3) is 206 Å². The van der Waals surface area contributed by atoms with Gasteiger partial charge in [0.1, 0.15) is 0 Å². The molecule has 6 heterocycles. The molecule has 0 saturated carbocycles. The molecule has 6 nitrogen and oxygen atoms in total. The van der Waals surface area contributed by atoms with Crippen LogP contribution in [-0.2, 0) is 0 Å². The van der Waals surface area contributed by atoms with Crippen LogP contribution in [0.4, 0.5) is 0 Å². The maximum atomic E-state index is 9.59. The van der Waals surface area contributed by atoms with Crippen molar-refractivity contribution in [3.63, 3.8) is 0 Å². The molecule has 0 saturated heterocycles. The van der Waals surface area contributed by atoms with Gasteiger partial charge in [0.05, 0.1) is 53.5 Å². The van der Waals surface area contributed by atoms with Crippen molar-refractivity contribution < 1.29 is 10.0 Å². The number of aromatic nitrogens is 4. The first kappa shape index (κ1) is 70.7. The van der Waals surface area contributed by atoms with Gasteiger partial charge in [-0.2, -0.15) is 0 Å². The predicted octanol–water partition coefficient (Wildman–Crippen LogP) is 29.0. The Morgan fingerprint density at radius 3 is 1.03 bits per heavy atom. The third kappa shape index (κ3) is 12.1. The summed E-state index contributed by atoms with van der Waals surface area (Å²) in [5.41, 5.74) is 26.7. The van der Waals surface area contributed by atoms with Gasteiger partial charge in [-0.25, -0.2) is 0 Å².